The molecule has 0 saturated carbocycles. The van der Waals surface area contributed by atoms with Crippen LogP contribution in [0.25, 0.3) is 0 Å². The number of hydrogen-bond acceptors (Lipinski definition) is 4. The molecule has 8 rings (SSSR count). The van der Waals surface area contributed by atoms with Crippen molar-refractivity contribution in [3.63, 3.8) is 0 Å². The third kappa shape index (κ3) is 13.2. The van der Waals surface area contributed by atoms with Gasteiger partial charge < -0.3 is 0 Å². The van der Waals surface area contributed by atoms with Crippen LogP contribution >= 0.6 is 0 Å². The molecule has 4 atom stereocenters. The summed E-state index contributed by atoms with van der Waals surface area (Å²) in [6, 6.07) is 59.5. The van der Waals surface area contributed by atoms with Crippen LogP contribution in [0.15, 0.2) is 218 Å². The minimum Gasteiger partial charge on any atom is -0.294 e. The summed E-state index contributed by atoms with van der Waals surface area (Å²) in [6.07, 6.45) is 1.10. The van der Waals surface area contributed by atoms with E-state index < -0.39 is 23.7 Å². The highest BCUT2D eigenvalue weighted by Crippen LogP contribution is 2.31. The fourth-order valence-corrected chi connectivity index (χ4v) is 8.43. The Kier molecular flexibility index (Phi) is 16.7. The zero-order valence-electron chi connectivity index (χ0n) is 37.1. The number of benzene rings is 8. The van der Waals surface area contributed by atoms with Gasteiger partial charge in [-0.3, -0.25) is 19.2 Å². The molecule has 0 saturated heterocycles. The van der Waals surface area contributed by atoms with Crippen molar-refractivity contribution in [2.24, 2.45) is 23.7 Å². The van der Waals surface area contributed by atoms with Crippen molar-refractivity contribution in [3.05, 3.63) is 286 Å². The van der Waals surface area contributed by atoms with Gasteiger partial charge >= 0.3 is 0 Å². The maximum atomic E-state index is 13.8. The van der Waals surface area contributed by atoms with E-state index in [2.05, 4.69) is 0 Å². The fraction of sp³-hybridized carbons (Fsp3) is 0.133. The average molecular weight is 909 g/mol. The van der Waals surface area contributed by atoms with E-state index in [1.54, 1.807) is 146 Å². The van der Waals surface area contributed by atoms with Gasteiger partial charge in [0.25, 0.3) is 0 Å². The van der Waals surface area contributed by atoms with Crippen molar-refractivity contribution in [2.45, 2.75) is 25.7 Å². The SMILES string of the molecule is O=C(c1ccccc1)[C@@H](Cc1ccc(F)cc1)[C@@H](Cc1ccc(F)cc1)C(=O)c1ccccc1.O=C(c1ccccc1)[C@@H](Cc1ccc(F)cc1)[C@@H](Cc1ccc(F)cc1)C(=O)c1ccccc1. The molecule has 8 aromatic carbocycles. The molecule has 0 spiro atoms. The third-order valence-corrected chi connectivity index (χ3v) is 12.0. The first kappa shape index (κ1) is 48.1. The summed E-state index contributed by atoms with van der Waals surface area (Å²) in [6.45, 7) is 0. The van der Waals surface area contributed by atoms with E-state index in [0.29, 0.717) is 22.3 Å². The molecule has 0 aliphatic carbocycles. The van der Waals surface area contributed by atoms with Gasteiger partial charge in [-0.15, -0.1) is 0 Å². The number of halogens is 4. The topological polar surface area (TPSA) is 68.3 Å². The lowest BCUT2D eigenvalue weighted by molar-refractivity contribution is 0.0763. The summed E-state index contributed by atoms with van der Waals surface area (Å²) >= 11 is 0. The summed E-state index contributed by atoms with van der Waals surface area (Å²) in [5, 5.41) is 0. The van der Waals surface area contributed by atoms with Gasteiger partial charge in [-0.1, -0.05) is 170 Å². The zero-order chi connectivity index (χ0) is 47.8. The van der Waals surface area contributed by atoms with E-state index in [0.717, 1.165) is 22.3 Å². The standard InChI is InChI=1S/2C30H24F2O2/c2*31-25-15-11-21(12-16-25)19-27(29(33)23-7-3-1-4-8-23)28(20-22-13-17-26(32)18-14-22)30(34)24-9-5-2-6-10-24/h2*1-18,27-28H,19-20H2/t2*27-,28+. The normalized spacial score (nSPS) is 12.6. The lowest BCUT2D eigenvalue weighted by Gasteiger charge is -2.26. The van der Waals surface area contributed by atoms with E-state index >= 15 is 0 Å². The Labute approximate surface area is 394 Å². The molecular formula is C60H48F4O4. The second-order valence-electron chi connectivity index (χ2n) is 16.7. The molecule has 0 bridgehead atoms. The van der Waals surface area contributed by atoms with Gasteiger partial charge in [-0.05, 0) is 96.5 Å². The molecule has 0 aliphatic rings. The molecule has 340 valence electrons. The second kappa shape index (κ2) is 23.6. The summed E-state index contributed by atoms with van der Waals surface area (Å²) in [5.74, 6) is -4.82. The molecule has 0 amide bonds. The van der Waals surface area contributed by atoms with Crippen molar-refractivity contribution >= 4 is 23.1 Å². The number of carbonyl (C=O) groups is 4. The lowest BCUT2D eigenvalue weighted by Crippen LogP contribution is -2.33. The second-order valence-corrected chi connectivity index (χ2v) is 16.7. The minimum absolute atomic E-state index is 0.152. The molecule has 0 aromatic heterocycles. The van der Waals surface area contributed by atoms with Crippen molar-refractivity contribution in [1.82, 2.24) is 0 Å². The minimum atomic E-state index is -0.689. The first-order chi connectivity index (χ1) is 33.0. The highest BCUT2D eigenvalue weighted by Gasteiger charge is 2.36. The van der Waals surface area contributed by atoms with Gasteiger partial charge in [0.05, 0.1) is 0 Å². The summed E-state index contributed by atoms with van der Waals surface area (Å²) in [5.41, 5.74) is 5.11. The summed E-state index contributed by atoms with van der Waals surface area (Å²) < 4.78 is 54.1. The predicted molar refractivity (Wildman–Crippen MR) is 257 cm³/mol. The molecule has 0 heterocycles. The average Bonchev–Trinajstić information content (AvgIpc) is 3.38. The van der Waals surface area contributed by atoms with Crippen LogP contribution in [0.4, 0.5) is 17.6 Å². The first-order valence-corrected chi connectivity index (χ1v) is 22.4. The molecule has 0 unspecified atom stereocenters. The van der Waals surface area contributed by atoms with E-state index in [1.807, 2.05) is 24.3 Å². The van der Waals surface area contributed by atoms with Crippen LogP contribution in [0, 0.1) is 46.9 Å². The van der Waals surface area contributed by atoms with Crippen LogP contribution in [0.3, 0.4) is 0 Å². The predicted octanol–water partition coefficient (Wildman–Crippen LogP) is 13.5. The zero-order valence-corrected chi connectivity index (χ0v) is 37.1. The van der Waals surface area contributed by atoms with Crippen LogP contribution in [0.1, 0.15) is 63.7 Å². The maximum absolute atomic E-state index is 13.8. The Balaban J connectivity index is 0.000000201. The van der Waals surface area contributed by atoms with Crippen LogP contribution in [-0.2, 0) is 25.7 Å². The summed E-state index contributed by atoms with van der Waals surface area (Å²) in [7, 11) is 0. The van der Waals surface area contributed by atoms with Crippen molar-refractivity contribution in [1.29, 1.82) is 0 Å². The number of rotatable bonds is 18. The van der Waals surface area contributed by atoms with Gasteiger partial charge in [0.2, 0.25) is 0 Å². The van der Waals surface area contributed by atoms with Crippen LogP contribution in [0.2, 0.25) is 0 Å². The van der Waals surface area contributed by atoms with Crippen molar-refractivity contribution in [2.75, 3.05) is 0 Å². The molecule has 4 nitrogen and oxygen atoms in total. The maximum Gasteiger partial charge on any atom is 0.167 e. The molecular weight excluding hydrogens is 861 g/mol. The Morgan fingerprint density at radius 3 is 0.574 bits per heavy atom. The highest BCUT2D eigenvalue weighted by atomic mass is 19.1. The number of Topliss-reactive ketones (excluding diaryl/α,β-unsaturated/α-hetero) is 4. The Morgan fingerprint density at radius 2 is 0.412 bits per heavy atom. The molecule has 0 N–H and O–H groups in total. The quantitative estimate of drug-likeness (QED) is 0.0635. The van der Waals surface area contributed by atoms with Gasteiger partial charge in [-0.2, -0.15) is 0 Å². The molecule has 0 aliphatic heterocycles. The largest absolute Gasteiger partial charge is 0.294 e. The van der Waals surface area contributed by atoms with Gasteiger partial charge in [0, 0.05) is 45.9 Å². The van der Waals surface area contributed by atoms with E-state index in [4.69, 9.17) is 0 Å². The van der Waals surface area contributed by atoms with Crippen LogP contribution in [0.5, 0.6) is 0 Å². The van der Waals surface area contributed by atoms with Gasteiger partial charge in [-0.25, -0.2) is 17.6 Å². The molecule has 0 fully saturated rings. The van der Waals surface area contributed by atoms with Gasteiger partial charge in [0.1, 0.15) is 23.3 Å². The number of carbonyl (C=O) groups excluding carboxylic acids is 4. The molecule has 8 heteroatoms. The highest BCUT2D eigenvalue weighted by molar-refractivity contribution is 6.06. The van der Waals surface area contributed by atoms with Crippen molar-refractivity contribution in [3.8, 4) is 0 Å². The van der Waals surface area contributed by atoms with Crippen LogP contribution < -0.4 is 0 Å². The van der Waals surface area contributed by atoms with Crippen molar-refractivity contribution < 1.29 is 36.7 Å². The molecule has 68 heavy (non-hydrogen) atoms. The van der Waals surface area contributed by atoms with E-state index in [-0.39, 0.29) is 72.1 Å². The number of ketones is 4. The summed E-state index contributed by atoms with van der Waals surface area (Å²) in [4.78, 5) is 55.0. The Hall–Kier alpha value is -7.84. The monoisotopic (exact) mass is 908 g/mol. The third-order valence-electron chi connectivity index (χ3n) is 12.0. The Bertz CT molecular complexity index is 2470. The first-order valence-electron chi connectivity index (χ1n) is 22.4. The fourth-order valence-electron chi connectivity index (χ4n) is 8.43. The number of hydrogen-bond donors (Lipinski definition) is 0. The smallest absolute Gasteiger partial charge is 0.167 e. The van der Waals surface area contributed by atoms with E-state index in [1.165, 1.54) is 48.5 Å². The molecule has 0 radical (unpaired) electrons. The molecule has 8 aromatic rings. The van der Waals surface area contributed by atoms with E-state index in [9.17, 15) is 36.7 Å². The Morgan fingerprint density at radius 1 is 0.250 bits per heavy atom. The lowest BCUT2D eigenvalue weighted by atomic mass is 9.75. The van der Waals surface area contributed by atoms with Crippen LogP contribution in [-0.4, -0.2) is 23.1 Å². The van der Waals surface area contributed by atoms with Gasteiger partial charge in [0.15, 0.2) is 23.1 Å².